The van der Waals surface area contributed by atoms with E-state index >= 15 is 0 Å². The van der Waals surface area contributed by atoms with E-state index in [0.717, 1.165) is 0 Å². The van der Waals surface area contributed by atoms with Crippen LogP contribution in [0.5, 0.6) is 0 Å². The second kappa shape index (κ2) is 2.27. The van der Waals surface area contributed by atoms with Gasteiger partial charge < -0.3 is 0 Å². The van der Waals surface area contributed by atoms with Crippen molar-refractivity contribution >= 4 is 9.24 Å². The van der Waals surface area contributed by atoms with Crippen molar-refractivity contribution < 1.29 is 0 Å². The van der Waals surface area contributed by atoms with Gasteiger partial charge in [0.2, 0.25) is 5.16 Å². The first-order valence-corrected chi connectivity index (χ1v) is 2.29. The van der Waals surface area contributed by atoms with E-state index in [-0.39, 0.29) is 0 Å². The standard InChI is InChI=1S/C4H2N3P/c5-1-4(8,2-6)3-7/h8H2. The maximum atomic E-state index is 8.07. The molecule has 0 N–H and O–H groups in total. The van der Waals surface area contributed by atoms with Gasteiger partial charge in [0.25, 0.3) is 0 Å². The molecule has 0 aliphatic heterocycles. The minimum absolute atomic E-state index is 1.52. The second-order valence-electron chi connectivity index (χ2n) is 1.14. The van der Waals surface area contributed by atoms with Crippen LogP contribution in [0.2, 0.25) is 0 Å². The van der Waals surface area contributed by atoms with Gasteiger partial charge in [0.05, 0.1) is 0 Å². The Morgan fingerprint density at radius 1 is 1.00 bits per heavy atom. The average molecular weight is 123 g/mol. The summed E-state index contributed by atoms with van der Waals surface area (Å²) < 4.78 is 0. The Balaban J connectivity index is 4.42. The first-order chi connectivity index (χ1) is 3.68. The summed E-state index contributed by atoms with van der Waals surface area (Å²) in [6.07, 6.45) is 0. The fourth-order valence-electron chi connectivity index (χ4n) is 0.0750. The molecule has 0 amide bonds. The monoisotopic (exact) mass is 123 g/mol. The lowest BCUT2D eigenvalue weighted by atomic mass is 10.2. The Bertz CT molecular complexity index is 165. The zero-order valence-electron chi connectivity index (χ0n) is 3.92. The van der Waals surface area contributed by atoms with Gasteiger partial charge in [-0.2, -0.15) is 15.8 Å². The number of nitriles is 3. The number of hydrogen-bond acceptors (Lipinski definition) is 3. The molecule has 1 unspecified atom stereocenters. The highest BCUT2D eigenvalue weighted by atomic mass is 31.0. The average Bonchev–Trinajstić information content (AvgIpc) is 1.87. The van der Waals surface area contributed by atoms with E-state index in [4.69, 9.17) is 15.8 Å². The maximum Gasteiger partial charge on any atom is 0.240 e. The minimum Gasteiger partial charge on any atom is -0.195 e. The molecule has 0 aromatic heterocycles. The second-order valence-corrected chi connectivity index (χ2v) is 2.01. The fourth-order valence-corrected chi connectivity index (χ4v) is 0.0750. The molecule has 0 radical (unpaired) electrons. The maximum absolute atomic E-state index is 8.07. The van der Waals surface area contributed by atoms with Gasteiger partial charge in [-0.1, -0.05) is 9.24 Å². The summed E-state index contributed by atoms with van der Waals surface area (Å²) in [4.78, 5) is 0. The van der Waals surface area contributed by atoms with Gasteiger partial charge in [-0.05, 0) is 0 Å². The Morgan fingerprint density at radius 2 is 1.25 bits per heavy atom. The van der Waals surface area contributed by atoms with Crippen molar-refractivity contribution in [2.45, 2.75) is 5.16 Å². The van der Waals surface area contributed by atoms with Crippen molar-refractivity contribution in [2.24, 2.45) is 0 Å². The van der Waals surface area contributed by atoms with E-state index < -0.39 is 5.16 Å². The molecule has 0 bridgehead atoms. The molecular formula is C4H2N3P. The number of nitrogens with zero attached hydrogens (tertiary/aromatic N) is 3. The predicted octanol–water partition coefficient (Wildman–Crippen LogP) is 0.171. The largest absolute Gasteiger partial charge is 0.240 e. The molecule has 0 heterocycles. The molecule has 8 heavy (non-hydrogen) atoms. The highest BCUT2D eigenvalue weighted by molar-refractivity contribution is 7.20. The third-order valence-electron chi connectivity index (χ3n) is 0.529. The predicted molar refractivity (Wildman–Crippen MR) is 29.3 cm³/mol. The van der Waals surface area contributed by atoms with Crippen molar-refractivity contribution in [3.05, 3.63) is 0 Å². The Labute approximate surface area is 49.3 Å². The molecule has 0 aliphatic rings. The van der Waals surface area contributed by atoms with Crippen molar-refractivity contribution in [2.75, 3.05) is 0 Å². The fraction of sp³-hybridized carbons (Fsp3) is 0.250. The zero-order chi connectivity index (χ0) is 6.62. The summed E-state index contributed by atoms with van der Waals surface area (Å²) in [7, 11) is 1.86. The van der Waals surface area contributed by atoms with Crippen LogP contribution >= 0.6 is 9.24 Å². The lowest BCUT2D eigenvalue weighted by molar-refractivity contribution is 1.16. The van der Waals surface area contributed by atoms with E-state index in [1.54, 1.807) is 0 Å². The SMILES string of the molecule is N#CC(P)(C#N)C#N. The Hall–Kier alpha value is -1.10. The lowest BCUT2D eigenvalue weighted by Gasteiger charge is -1.93. The van der Waals surface area contributed by atoms with E-state index in [0.29, 0.717) is 0 Å². The van der Waals surface area contributed by atoms with Crippen LogP contribution in [0.15, 0.2) is 0 Å². The van der Waals surface area contributed by atoms with Crippen LogP contribution < -0.4 is 0 Å². The smallest absolute Gasteiger partial charge is 0.195 e. The molecule has 38 valence electrons. The van der Waals surface area contributed by atoms with Crippen molar-refractivity contribution in [1.29, 1.82) is 15.8 Å². The van der Waals surface area contributed by atoms with Crippen LogP contribution in [0.4, 0.5) is 0 Å². The van der Waals surface area contributed by atoms with Crippen LogP contribution in [-0.2, 0) is 0 Å². The Kier molecular flexibility index (Phi) is 1.96. The minimum atomic E-state index is -1.54. The highest BCUT2D eigenvalue weighted by Crippen LogP contribution is 2.12. The summed E-state index contributed by atoms with van der Waals surface area (Å²) >= 11 is 0. The van der Waals surface area contributed by atoms with Gasteiger partial charge in [-0.15, -0.1) is 0 Å². The van der Waals surface area contributed by atoms with Crippen molar-refractivity contribution in [3.8, 4) is 18.2 Å². The van der Waals surface area contributed by atoms with E-state index in [1.165, 1.54) is 18.2 Å². The zero-order valence-corrected chi connectivity index (χ0v) is 5.07. The first kappa shape index (κ1) is 6.90. The van der Waals surface area contributed by atoms with E-state index in [1.807, 2.05) is 9.24 Å². The van der Waals surface area contributed by atoms with Gasteiger partial charge in [0, 0.05) is 0 Å². The molecule has 0 aromatic carbocycles. The van der Waals surface area contributed by atoms with Gasteiger partial charge in [-0.25, -0.2) is 0 Å². The number of hydrogen-bond donors (Lipinski definition) is 0. The van der Waals surface area contributed by atoms with Crippen LogP contribution in [-0.4, -0.2) is 5.16 Å². The number of rotatable bonds is 0. The van der Waals surface area contributed by atoms with Gasteiger partial charge in [-0.3, -0.25) is 0 Å². The molecular weight excluding hydrogens is 121 g/mol. The summed E-state index contributed by atoms with van der Waals surface area (Å²) in [6, 6.07) is 4.56. The molecule has 0 spiro atoms. The lowest BCUT2D eigenvalue weighted by Crippen LogP contribution is -2.09. The molecule has 4 heteroatoms. The van der Waals surface area contributed by atoms with E-state index in [9.17, 15) is 0 Å². The van der Waals surface area contributed by atoms with Crippen LogP contribution in [0.3, 0.4) is 0 Å². The summed E-state index contributed by atoms with van der Waals surface area (Å²) in [5.41, 5.74) is 0. The van der Waals surface area contributed by atoms with Crippen LogP contribution in [0.1, 0.15) is 0 Å². The van der Waals surface area contributed by atoms with Crippen molar-refractivity contribution in [3.63, 3.8) is 0 Å². The summed E-state index contributed by atoms with van der Waals surface area (Å²) in [5.74, 6) is 0. The van der Waals surface area contributed by atoms with Gasteiger partial charge in [0.1, 0.15) is 18.2 Å². The van der Waals surface area contributed by atoms with Gasteiger partial charge >= 0.3 is 0 Å². The highest BCUT2D eigenvalue weighted by Gasteiger charge is 2.21. The summed E-state index contributed by atoms with van der Waals surface area (Å²) in [5, 5.41) is 22.7. The molecule has 0 saturated carbocycles. The molecule has 0 saturated heterocycles. The normalized spacial score (nSPS) is 8.25. The quantitative estimate of drug-likeness (QED) is 0.431. The molecule has 1 atom stereocenters. The third kappa shape index (κ3) is 1.19. The molecule has 0 fully saturated rings. The Morgan fingerprint density at radius 3 is 1.25 bits per heavy atom. The van der Waals surface area contributed by atoms with E-state index in [2.05, 4.69) is 0 Å². The topological polar surface area (TPSA) is 71.4 Å². The molecule has 3 nitrogen and oxygen atoms in total. The van der Waals surface area contributed by atoms with Crippen LogP contribution in [0.25, 0.3) is 0 Å². The molecule has 0 aromatic rings. The first-order valence-electron chi connectivity index (χ1n) is 1.71. The van der Waals surface area contributed by atoms with Crippen molar-refractivity contribution in [1.82, 2.24) is 0 Å². The molecule has 0 rings (SSSR count). The van der Waals surface area contributed by atoms with Gasteiger partial charge in [0.15, 0.2) is 0 Å². The third-order valence-corrected chi connectivity index (χ3v) is 0.916. The molecule has 0 aliphatic carbocycles. The summed E-state index contributed by atoms with van der Waals surface area (Å²) in [6.45, 7) is 0. The van der Waals surface area contributed by atoms with Crippen LogP contribution in [0, 0.1) is 34.0 Å².